The number of halogens is 1. The van der Waals surface area contributed by atoms with Crippen LogP contribution in [0.3, 0.4) is 0 Å². The molecule has 0 unspecified atom stereocenters. The van der Waals surface area contributed by atoms with Crippen LogP contribution in [0.25, 0.3) is 10.9 Å². The molecule has 3 aromatic rings. The Kier molecular flexibility index (Phi) is 4.72. The Morgan fingerprint density at radius 1 is 1.22 bits per heavy atom. The Balaban J connectivity index is 1.56. The van der Waals surface area contributed by atoms with Crippen molar-refractivity contribution in [3.63, 3.8) is 0 Å². The molecular formula is C21H20ClN3O2. The van der Waals surface area contributed by atoms with E-state index >= 15 is 0 Å². The lowest BCUT2D eigenvalue weighted by Crippen LogP contribution is -2.39. The van der Waals surface area contributed by atoms with E-state index in [1.165, 1.54) is 0 Å². The number of nitrogens with zero attached hydrogens (tertiary/aromatic N) is 1. The van der Waals surface area contributed by atoms with Crippen molar-refractivity contribution >= 4 is 34.1 Å². The summed E-state index contributed by atoms with van der Waals surface area (Å²) in [5.74, 6) is -0.0792. The van der Waals surface area contributed by atoms with Gasteiger partial charge in [0.25, 0.3) is 0 Å². The molecule has 0 fully saturated rings. The molecule has 1 amide bonds. The zero-order valence-electron chi connectivity index (χ0n) is 15.0. The number of carbonyl (C=O) groups is 1. The highest BCUT2D eigenvalue weighted by atomic mass is 35.5. The molecule has 0 saturated carbocycles. The Hall–Kier alpha value is -2.63. The molecule has 2 N–H and O–H groups in total. The Morgan fingerprint density at radius 3 is 2.78 bits per heavy atom. The number of anilines is 1. The fraction of sp³-hybridized carbons (Fsp3) is 0.238. The minimum atomic E-state index is -0.0792. The minimum absolute atomic E-state index is 0.0201. The SMILES string of the molecule is Cc1c(Cl)ccc2c(=O)c3c([nH]c12)CCN(CC(=O)Nc1ccccc1)C3. The molecule has 2 heterocycles. The van der Waals surface area contributed by atoms with E-state index in [-0.39, 0.29) is 17.9 Å². The van der Waals surface area contributed by atoms with E-state index in [4.69, 9.17) is 11.6 Å². The highest BCUT2D eigenvalue weighted by Crippen LogP contribution is 2.25. The number of benzene rings is 2. The van der Waals surface area contributed by atoms with Crippen LogP contribution in [0.4, 0.5) is 5.69 Å². The summed E-state index contributed by atoms with van der Waals surface area (Å²) < 4.78 is 0. The Bertz CT molecular complexity index is 1080. The van der Waals surface area contributed by atoms with Gasteiger partial charge in [0.05, 0.1) is 12.1 Å². The van der Waals surface area contributed by atoms with E-state index in [1.54, 1.807) is 12.1 Å². The molecule has 138 valence electrons. The van der Waals surface area contributed by atoms with Crippen LogP contribution in [0.2, 0.25) is 5.02 Å². The van der Waals surface area contributed by atoms with Crippen molar-refractivity contribution < 1.29 is 4.79 Å². The molecule has 6 heteroatoms. The number of aromatic nitrogens is 1. The first-order valence-electron chi connectivity index (χ1n) is 8.93. The number of carbonyl (C=O) groups excluding carboxylic acids is 1. The number of amides is 1. The number of hydrogen-bond donors (Lipinski definition) is 2. The van der Waals surface area contributed by atoms with Crippen LogP contribution >= 0.6 is 11.6 Å². The molecule has 4 rings (SSSR count). The van der Waals surface area contributed by atoms with Gasteiger partial charge in [-0.2, -0.15) is 0 Å². The van der Waals surface area contributed by atoms with Crippen LogP contribution in [0.5, 0.6) is 0 Å². The smallest absolute Gasteiger partial charge is 0.238 e. The van der Waals surface area contributed by atoms with Crippen LogP contribution in [-0.2, 0) is 17.8 Å². The van der Waals surface area contributed by atoms with Gasteiger partial charge < -0.3 is 10.3 Å². The fourth-order valence-electron chi connectivity index (χ4n) is 3.58. The number of nitrogens with one attached hydrogen (secondary N) is 2. The van der Waals surface area contributed by atoms with Gasteiger partial charge in [-0.15, -0.1) is 0 Å². The highest BCUT2D eigenvalue weighted by molar-refractivity contribution is 6.32. The molecule has 2 aromatic carbocycles. The third-order valence-electron chi connectivity index (χ3n) is 5.04. The van der Waals surface area contributed by atoms with Gasteiger partial charge in [0.15, 0.2) is 5.43 Å². The molecule has 0 radical (unpaired) electrons. The summed E-state index contributed by atoms with van der Waals surface area (Å²) >= 11 is 6.20. The van der Waals surface area contributed by atoms with Crippen molar-refractivity contribution in [1.82, 2.24) is 9.88 Å². The minimum Gasteiger partial charge on any atom is -0.358 e. The maximum absolute atomic E-state index is 13.0. The number of para-hydroxylation sites is 1. The van der Waals surface area contributed by atoms with E-state index in [0.29, 0.717) is 23.4 Å². The average Bonchev–Trinajstić information content (AvgIpc) is 2.66. The standard InChI is InChI=1S/C21H20ClN3O2/c1-13-17(22)8-7-15-20(13)24-18-9-10-25(11-16(18)21(15)27)12-19(26)23-14-5-3-2-4-6-14/h2-8H,9-12H2,1H3,(H,23,26)(H,24,27). The molecule has 0 saturated heterocycles. The number of H-pyrrole nitrogens is 1. The molecule has 1 aliphatic heterocycles. The fourth-order valence-corrected chi connectivity index (χ4v) is 3.73. The van der Waals surface area contributed by atoms with Crippen LogP contribution in [-0.4, -0.2) is 28.9 Å². The second-order valence-corrected chi connectivity index (χ2v) is 7.29. The summed E-state index contributed by atoms with van der Waals surface area (Å²) in [4.78, 5) is 30.7. The van der Waals surface area contributed by atoms with Crippen LogP contribution in [0.1, 0.15) is 16.8 Å². The van der Waals surface area contributed by atoms with Gasteiger partial charge >= 0.3 is 0 Å². The highest BCUT2D eigenvalue weighted by Gasteiger charge is 2.23. The number of aryl methyl sites for hydroxylation is 1. The summed E-state index contributed by atoms with van der Waals surface area (Å²) in [6.45, 7) is 3.35. The largest absolute Gasteiger partial charge is 0.358 e. The average molecular weight is 382 g/mol. The molecule has 0 spiro atoms. The maximum Gasteiger partial charge on any atom is 0.238 e. The second-order valence-electron chi connectivity index (χ2n) is 6.88. The number of rotatable bonds is 3. The zero-order chi connectivity index (χ0) is 19.0. The van der Waals surface area contributed by atoms with E-state index < -0.39 is 0 Å². The molecule has 1 aromatic heterocycles. The quantitative estimate of drug-likeness (QED) is 0.730. The third-order valence-corrected chi connectivity index (χ3v) is 5.45. The summed E-state index contributed by atoms with van der Waals surface area (Å²) in [5, 5.41) is 4.18. The summed E-state index contributed by atoms with van der Waals surface area (Å²) in [6.07, 6.45) is 0.699. The number of aromatic amines is 1. The van der Waals surface area contributed by atoms with Gasteiger partial charge in [0, 0.05) is 46.9 Å². The molecule has 5 nitrogen and oxygen atoms in total. The molecule has 27 heavy (non-hydrogen) atoms. The first kappa shape index (κ1) is 17.8. The number of hydrogen-bond acceptors (Lipinski definition) is 3. The van der Waals surface area contributed by atoms with Gasteiger partial charge in [-0.3, -0.25) is 14.5 Å². The first-order valence-corrected chi connectivity index (χ1v) is 9.31. The molecule has 0 atom stereocenters. The predicted octanol–water partition coefficient (Wildman–Crippen LogP) is 3.49. The van der Waals surface area contributed by atoms with Gasteiger partial charge in [-0.1, -0.05) is 29.8 Å². The third kappa shape index (κ3) is 3.48. The van der Waals surface area contributed by atoms with Crippen molar-refractivity contribution in [2.24, 2.45) is 0 Å². The summed E-state index contributed by atoms with van der Waals surface area (Å²) in [5.41, 5.74) is 4.17. The lowest BCUT2D eigenvalue weighted by Gasteiger charge is -2.28. The van der Waals surface area contributed by atoms with Crippen LogP contribution in [0, 0.1) is 6.92 Å². The van der Waals surface area contributed by atoms with Gasteiger partial charge in [-0.05, 0) is 36.8 Å². The van der Waals surface area contributed by atoms with E-state index in [2.05, 4.69) is 10.3 Å². The van der Waals surface area contributed by atoms with Crippen molar-refractivity contribution in [2.45, 2.75) is 19.9 Å². The Labute approximate surface area is 162 Å². The van der Waals surface area contributed by atoms with Crippen molar-refractivity contribution in [1.29, 1.82) is 0 Å². The van der Waals surface area contributed by atoms with Crippen LogP contribution < -0.4 is 10.7 Å². The van der Waals surface area contributed by atoms with E-state index in [1.807, 2.05) is 42.2 Å². The predicted molar refractivity (Wildman–Crippen MR) is 108 cm³/mol. The number of pyridine rings is 1. The molecule has 0 aliphatic carbocycles. The van der Waals surface area contributed by atoms with Gasteiger partial charge in [-0.25, -0.2) is 0 Å². The Morgan fingerprint density at radius 2 is 2.00 bits per heavy atom. The van der Waals surface area contributed by atoms with Gasteiger partial charge in [0.2, 0.25) is 5.91 Å². The van der Waals surface area contributed by atoms with Gasteiger partial charge in [0.1, 0.15) is 0 Å². The molecular weight excluding hydrogens is 362 g/mol. The summed E-state index contributed by atoms with van der Waals surface area (Å²) in [6, 6.07) is 12.9. The topological polar surface area (TPSA) is 65.2 Å². The molecule has 0 bridgehead atoms. The lowest BCUT2D eigenvalue weighted by molar-refractivity contribution is -0.117. The monoisotopic (exact) mass is 381 g/mol. The molecule has 1 aliphatic rings. The summed E-state index contributed by atoms with van der Waals surface area (Å²) in [7, 11) is 0. The second kappa shape index (κ2) is 7.18. The van der Waals surface area contributed by atoms with E-state index in [9.17, 15) is 9.59 Å². The van der Waals surface area contributed by atoms with Crippen LogP contribution in [0.15, 0.2) is 47.3 Å². The number of fused-ring (bicyclic) bond motifs is 2. The van der Waals surface area contributed by atoms with Crippen molar-refractivity contribution in [3.8, 4) is 0 Å². The van der Waals surface area contributed by atoms with E-state index in [0.717, 1.165) is 34.6 Å². The van der Waals surface area contributed by atoms with Crippen molar-refractivity contribution in [3.05, 3.63) is 74.5 Å². The zero-order valence-corrected chi connectivity index (χ0v) is 15.8. The lowest BCUT2D eigenvalue weighted by atomic mass is 10.0. The normalized spacial score (nSPS) is 14.1. The van der Waals surface area contributed by atoms with Crippen molar-refractivity contribution in [2.75, 3.05) is 18.4 Å². The maximum atomic E-state index is 13.0. The first-order chi connectivity index (χ1) is 13.0.